The van der Waals surface area contributed by atoms with Gasteiger partial charge in [0.1, 0.15) is 0 Å². The van der Waals surface area contributed by atoms with E-state index in [0.717, 1.165) is 29.5 Å². The molecule has 4 heterocycles. The maximum atomic E-state index is 6.22. The Morgan fingerprint density at radius 2 is 2.18 bits per heavy atom. The van der Waals surface area contributed by atoms with Crippen molar-refractivity contribution in [2.24, 2.45) is 5.84 Å². The van der Waals surface area contributed by atoms with Crippen LogP contribution in [-0.2, 0) is 0 Å². The molecule has 17 heavy (non-hydrogen) atoms. The molecule has 94 valence electrons. The fourth-order valence-electron chi connectivity index (χ4n) is 2.86. The summed E-state index contributed by atoms with van der Waals surface area (Å²) in [4.78, 5) is 6.20. The summed E-state index contributed by atoms with van der Waals surface area (Å²) in [6, 6.07) is 2.53. The SMILES string of the molecule is NNC(c1sccc1Cl)C1CN2CCN1CC2. The van der Waals surface area contributed by atoms with E-state index in [1.54, 1.807) is 11.3 Å². The van der Waals surface area contributed by atoms with Crippen LogP contribution in [0.25, 0.3) is 0 Å². The number of rotatable bonds is 3. The first-order chi connectivity index (χ1) is 8.29. The molecule has 6 heteroatoms. The lowest BCUT2D eigenvalue weighted by molar-refractivity contribution is -0.00314. The van der Waals surface area contributed by atoms with Crippen molar-refractivity contribution in [1.82, 2.24) is 15.2 Å². The minimum atomic E-state index is 0.144. The van der Waals surface area contributed by atoms with Gasteiger partial charge in [0.2, 0.25) is 0 Å². The maximum absolute atomic E-state index is 6.22. The molecule has 3 N–H and O–H groups in total. The Kier molecular flexibility index (Phi) is 3.38. The maximum Gasteiger partial charge on any atom is 0.0735 e. The first-order valence-corrected chi connectivity index (χ1v) is 7.21. The number of hydrogen-bond donors (Lipinski definition) is 2. The van der Waals surface area contributed by atoms with Crippen molar-refractivity contribution in [3.63, 3.8) is 0 Å². The molecule has 3 aliphatic heterocycles. The highest BCUT2D eigenvalue weighted by Gasteiger charge is 2.38. The van der Waals surface area contributed by atoms with Gasteiger partial charge in [-0.15, -0.1) is 11.3 Å². The Morgan fingerprint density at radius 1 is 1.41 bits per heavy atom. The van der Waals surface area contributed by atoms with E-state index in [1.165, 1.54) is 13.1 Å². The zero-order valence-electron chi connectivity index (χ0n) is 9.60. The van der Waals surface area contributed by atoms with Crippen molar-refractivity contribution in [3.8, 4) is 0 Å². The summed E-state index contributed by atoms with van der Waals surface area (Å²) in [5.41, 5.74) is 2.96. The molecule has 3 aliphatic rings. The topological polar surface area (TPSA) is 44.5 Å². The zero-order valence-corrected chi connectivity index (χ0v) is 11.2. The number of nitrogens with two attached hydrogens (primary N) is 1. The number of fused-ring (bicyclic) bond motifs is 3. The number of thiophene rings is 1. The predicted molar refractivity (Wildman–Crippen MR) is 71.2 cm³/mol. The molecule has 4 rings (SSSR count). The van der Waals surface area contributed by atoms with Gasteiger partial charge in [0, 0.05) is 43.6 Å². The number of nitrogens with zero attached hydrogens (tertiary/aromatic N) is 2. The Hall–Kier alpha value is -0.170. The Bertz CT molecular complexity index is 389. The summed E-state index contributed by atoms with van der Waals surface area (Å²) in [6.07, 6.45) is 0. The molecule has 0 spiro atoms. The van der Waals surface area contributed by atoms with Crippen LogP contribution >= 0.6 is 22.9 Å². The van der Waals surface area contributed by atoms with Crippen LogP contribution in [0.15, 0.2) is 11.4 Å². The fourth-order valence-corrected chi connectivity index (χ4v) is 4.15. The van der Waals surface area contributed by atoms with Gasteiger partial charge in [0.15, 0.2) is 0 Å². The highest BCUT2D eigenvalue weighted by atomic mass is 35.5. The van der Waals surface area contributed by atoms with Crippen molar-refractivity contribution in [3.05, 3.63) is 21.3 Å². The van der Waals surface area contributed by atoms with E-state index >= 15 is 0 Å². The van der Waals surface area contributed by atoms with E-state index in [2.05, 4.69) is 15.2 Å². The molecule has 0 radical (unpaired) electrons. The summed E-state index contributed by atoms with van der Waals surface area (Å²) < 4.78 is 0. The van der Waals surface area contributed by atoms with Crippen molar-refractivity contribution in [1.29, 1.82) is 0 Å². The summed E-state index contributed by atoms with van der Waals surface area (Å²) in [7, 11) is 0. The molecule has 2 bridgehead atoms. The van der Waals surface area contributed by atoms with Crippen LogP contribution in [0.5, 0.6) is 0 Å². The second-order valence-electron chi connectivity index (χ2n) is 4.68. The first-order valence-electron chi connectivity index (χ1n) is 5.95. The largest absolute Gasteiger partial charge is 0.299 e. The van der Waals surface area contributed by atoms with Crippen LogP contribution in [0.3, 0.4) is 0 Å². The number of piperazine rings is 3. The van der Waals surface area contributed by atoms with Crippen LogP contribution in [0.1, 0.15) is 10.9 Å². The molecular formula is C11H17ClN4S. The Labute approximate surface area is 110 Å². The Morgan fingerprint density at radius 3 is 2.65 bits per heavy atom. The minimum Gasteiger partial charge on any atom is -0.299 e. The van der Waals surface area contributed by atoms with Gasteiger partial charge in [-0.2, -0.15) is 0 Å². The van der Waals surface area contributed by atoms with E-state index in [-0.39, 0.29) is 6.04 Å². The second-order valence-corrected chi connectivity index (χ2v) is 6.04. The average Bonchev–Trinajstić information content (AvgIpc) is 2.79. The van der Waals surface area contributed by atoms with Gasteiger partial charge in [-0.25, -0.2) is 0 Å². The van der Waals surface area contributed by atoms with Crippen LogP contribution in [0, 0.1) is 0 Å². The van der Waals surface area contributed by atoms with Crippen molar-refractivity contribution in [2.45, 2.75) is 12.1 Å². The molecule has 0 saturated carbocycles. The number of hydrazine groups is 1. The van der Waals surface area contributed by atoms with Gasteiger partial charge in [0.25, 0.3) is 0 Å². The monoisotopic (exact) mass is 272 g/mol. The molecule has 2 atom stereocenters. The van der Waals surface area contributed by atoms with Gasteiger partial charge < -0.3 is 0 Å². The molecule has 0 amide bonds. The standard InChI is InChI=1S/C11H17ClN4S/c12-8-1-6-17-11(8)10(14-13)9-7-15-2-4-16(9)5-3-15/h1,6,9-10,14H,2-5,7,13H2. The van der Waals surface area contributed by atoms with Crippen molar-refractivity contribution < 1.29 is 0 Å². The van der Waals surface area contributed by atoms with Crippen LogP contribution in [0.2, 0.25) is 5.02 Å². The minimum absolute atomic E-state index is 0.144. The number of nitrogens with one attached hydrogen (secondary N) is 1. The van der Waals surface area contributed by atoms with E-state index < -0.39 is 0 Å². The first kappa shape index (κ1) is 11.9. The van der Waals surface area contributed by atoms with Crippen LogP contribution in [0.4, 0.5) is 0 Å². The van der Waals surface area contributed by atoms with E-state index in [4.69, 9.17) is 17.4 Å². The molecule has 4 nitrogen and oxygen atoms in total. The molecule has 1 aromatic heterocycles. The highest BCUT2D eigenvalue weighted by molar-refractivity contribution is 7.10. The number of halogens is 1. The van der Waals surface area contributed by atoms with Crippen LogP contribution < -0.4 is 11.3 Å². The molecule has 3 saturated heterocycles. The van der Waals surface area contributed by atoms with Crippen molar-refractivity contribution >= 4 is 22.9 Å². The summed E-state index contributed by atoms with van der Waals surface area (Å²) >= 11 is 7.90. The van der Waals surface area contributed by atoms with Gasteiger partial charge in [0.05, 0.1) is 11.1 Å². The second kappa shape index (κ2) is 4.84. The average molecular weight is 273 g/mol. The molecule has 0 aliphatic carbocycles. The molecule has 3 fully saturated rings. The highest BCUT2D eigenvalue weighted by Crippen LogP contribution is 2.34. The van der Waals surface area contributed by atoms with E-state index in [9.17, 15) is 0 Å². The summed E-state index contributed by atoms with van der Waals surface area (Å²) in [5.74, 6) is 5.75. The third kappa shape index (κ3) is 2.12. The van der Waals surface area contributed by atoms with E-state index in [1.807, 2.05) is 11.4 Å². The fraction of sp³-hybridized carbons (Fsp3) is 0.636. The van der Waals surface area contributed by atoms with Crippen molar-refractivity contribution in [2.75, 3.05) is 32.7 Å². The zero-order chi connectivity index (χ0) is 11.8. The lowest BCUT2D eigenvalue weighted by atomic mass is 9.99. The van der Waals surface area contributed by atoms with Gasteiger partial charge in [-0.1, -0.05) is 11.6 Å². The lowest BCUT2D eigenvalue weighted by Gasteiger charge is -2.49. The van der Waals surface area contributed by atoms with Gasteiger partial charge in [-0.05, 0) is 11.4 Å². The number of hydrogen-bond acceptors (Lipinski definition) is 5. The Balaban J connectivity index is 1.84. The van der Waals surface area contributed by atoms with Crippen LogP contribution in [-0.4, -0.2) is 48.6 Å². The smallest absolute Gasteiger partial charge is 0.0735 e. The third-order valence-corrected chi connectivity index (χ3v) is 5.25. The molecular weight excluding hydrogens is 256 g/mol. The van der Waals surface area contributed by atoms with E-state index in [0.29, 0.717) is 6.04 Å². The third-order valence-electron chi connectivity index (χ3n) is 3.81. The normalized spacial score (nSPS) is 33.9. The quantitative estimate of drug-likeness (QED) is 0.634. The molecule has 2 unspecified atom stereocenters. The molecule has 0 aromatic carbocycles. The summed E-state index contributed by atoms with van der Waals surface area (Å²) in [6.45, 7) is 5.75. The van der Waals surface area contributed by atoms with Gasteiger partial charge >= 0.3 is 0 Å². The molecule has 1 aromatic rings. The predicted octanol–water partition coefficient (Wildman–Crippen LogP) is 0.906. The lowest BCUT2D eigenvalue weighted by Crippen LogP contribution is -2.64. The summed E-state index contributed by atoms with van der Waals surface area (Å²) in [5, 5.41) is 2.86. The van der Waals surface area contributed by atoms with Gasteiger partial charge in [-0.3, -0.25) is 21.1 Å².